The summed E-state index contributed by atoms with van der Waals surface area (Å²) in [5.74, 6) is 0.0474. The largest absolute Gasteiger partial charge is 0.461 e. The molecule has 26 heavy (non-hydrogen) atoms. The van der Waals surface area contributed by atoms with E-state index in [0.717, 1.165) is 36.4 Å². The van der Waals surface area contributed by atoms with Crippen LogP contribution >= 0.6 is 11.3 Å². The van der Waals surface area contributed by atoms with E-state index in [1.54, 1.807) is 12.1 Å². The van der Waals surface area contributed by atoms with Crippen molar-refractivity contribution >= 4 is 28.0 Å². The predicted molar refractivity (Wildman–Crippen MR) is 98.7 cm³/mol. The summed E-state index contributed by atoms with van der Waals surface area (Å²) >= 11 is 1.44. The van der Waals surface area contributed by atoms with Crippen LogP contribution in [0, 0.1) is 0 Å². The number of fused-ring (bicyclic) bond motifs is 1. The molecule has 1 N–H and O–H groups in total. The summed E-state index contributed by atoms with van der Waals surface area (Å²) < 4.78 is 10.8. The number of carbonyl (C=O) groups excluding carboxylic acids is 2. The van der Waals surface area contributed by atoms with Crippen molar-refractivity contribution in [1.29, 1.82) is 0 Å². The molecule has 6 nitrogen and oxygen atoms in total. The topological polar surface area (TPSA) is 71.8 Å². The van der Waals surface area contributed by atoms with Crippen LogP contribution < -0.4 is 5.32 Å². The molecule has 138 valence electrons. The number of nitrogens with zero attached hydrogens (tertiary/aromatic N) is 1. The molecule has 0 atom stereocenters. The Hall–Kier alpha value is -1.96. The average Bonchev–Trinajstić information content (AvgIpc) is 3.29. The standard InChI is InChI=1S/C19H22N2O4S/c22-16(11-21-7-2-1-3-8-21)20-19-17(18(23)14-5-4-9-25-14)13-6-10-24-12-15(13)26-19/h4-5,9H,1-3,6-8,10-12H2,(H,20,22). The second kappa shape index (κ2) is 7.73. The van der Waals surface area contributed by atoms with Gasteiger partial charge in [0.15, 0.2) is 5.76 Å². The number of likely N-dealkylation sites (tertiary alicyclic amines) is 1. The molecule has 4 heterocycles. The van der Waals surface area contributed by atoms with Crippen molar-refractivity contribution in [1.82, 2.24) is 4.90 Å². The van der Waals surface area contributed by atoms with E-state index in [-0.39, 0.29) is 11.7 Å². The molecular formula is C19H22N2O4S. The number of hydrogen-bond acceptors (Lipinski definition) is 6. The first kappa shape index (κ1) is 17.5. The normalized spacial score (nSPS) is 17.7. The molecule has 1 amide bonds. The number of anilines is 1. The molecule has 0 spiro atoms. The number of amides is 1. The van der Waals surface area contributed by atoms with Crippen LogP contribution in [0.2, 0.25) is 0 Å². The summed E-state index contributed by atoms with van der Waals surface area (Å²) in [6, 6.07) is 3.36. The summed E-state index contributed by atoms with van der Waals surface area (Å²) in [5.41, 5.74) is 1.55. The first-order chi connectivity index (χ1) is 12.7. The van der Waals surface area contributed by atoms with Gasteiger partial charge in [-0.05, 0) is 50.0 Å². The third-order valence-corrected chi connectivity index (χ3v) is 5.98. The van der Waals surface area contributed by atoms with Gasteiger partial charge in [0.25, 0.3) is 0 Å². The number of furan rings is 1. The number of thiophene rings is 1. The molecule has 2 aromatic rings. The molecule has 2 aliphatic heterocycles. The van der Waals surface area contributed by atoms with E-state index in [0.29, 0.717) is 42.5 Å². The molecule has 7 heteroatoms. The van der Waals surface area contributed by atoms with Crippen LogP contribution in [-0.2, 0) is 22.6 Å². The van der Waals surface area contributed by atoms with Gasteiger partial charge in [-0.2, -0.15) is 0 Å². The van der Waals surface area contributed by atoms with Crippen LogP contribution in [0.3, 0.4) is 0 Å². The molecule has 0 aliphatic carbocycles. The molecule has 0 radical (unpaired) electrons. The van der Waals surface area contributed by atoms with E-state index in [2.05, 4.69) is 10.2 Å². The second-order valence-corrected chi connectivity index (χ2v) is 7.81. The fraction of sp³-hybridized carbons (Fsp3) is 0.474. The first-order valence-corrected chi connectivity index (χ1v) is 9.86. The highest BCUT2D eigenvalue weighted by Crippen LogP contribution is 2.38. The van der Waals surface area contributed by atoms with E-state index in [1.807, 2.05) is 0 Å². The van der Waals surface area contributed by atoms with Crippen LogP contribution in [0.1, 0.15) is 45.8 Å². The number of rotatable bonds is 5. The van der Waals surface area contributed by atoms with Crippen LogP contribution in [0.15, 0.2) is 22.8 Å². The Morgan fingerprint density at radius 2 is 2.08 bits per heavy atom. The zero-order valence-electron chi connectivity index (χ0n) is 14.6. The number of piperidine rings is 1. The van der Waals surface area contributed by atoms with Gasteiger partial charge in [0.1, 0.15) is 5.00 Å². The summed E-state index contributed by atoms with van der Waals surface area (Å²) in [4.78, 5) is 28.7. The quantitative estimate of drug-likeness (QED) is 0.815. The maximum absolute atomic E-state index is 12.9. The van der Waals surface area contributed by atoms with Gasteiger partial charge in [-0.15, -0.1) is 11.3 Å². The van der Waals surface area contributed by atoms with Gasteiger partial charge in [0.05, 0.1) is 31.6 Å². The average molecular weight is 374 g/mol. The zero-order chi connectivity index (χ0) is 17.9. The summed E-state index contributed by atoms with van der Waals surface area (Å²) in [6.45, 7) is 3.36. The third-order valence-electron chi connectivity index (χ3n) is 4.86. The number of ketones is 1. The van der Waals surface area contributed by atoms with Crippen LogP contribution in [0.4, 0.5) is 5.00 Å². The Morgan fingerprint density at radius 3 is 2.85 bits per heavy atom. The molecule has 2 aliphatic rings. The molecule has 1 fully saturated rings. The fourth-order valence-electron chi connectivity index (χ4n) is 3.58. The van der Waals surface area contributed by atoms with E-state index < -0.39 is 0 Å². The summed E-state index contributed by atoms with van der Waals surface area (Å²) in [7, 11) is 0. The van der Waals surface area contributed by atoms with Gasteiger partial charge >= 0.3 is 0 Å². The van der Waals surface area contributed by atoms with Gasteiger partial charge in [0, 0.05) is 4.88 Å². The van der Waals surface area contributed by atoms with Crippen molar-refractivity contribution in [2.24, 2.45) is 0 Å². The summed E-state index contributed by atoms with van der Waals surface area (Å²) in [5, 5.41) is 3.59. The second-order valence-electron chi connectivity index (χ2n) is 6.70. The lowest BCUT2D eigenvalue weighted by Gasteiger charge is -2.25. The molecule has 2 aromatic heterocycles. The Balaban J connectivity index is 1.57. The molecule has 0 saturated carbocycles. The van der Waals surface area contributed by atoms with Gasteiger partial charge in [-0.3, -0.25) is 14.5 Å². The van der Waals surface area contributed by atoms with Crippen LogP contribution in [0.5, 0.6) is 0 Å². The number of ether oxygens (including phenoxy) is 1. The van der Waals surface area contributed by atoms with Gasteiger partial charge in [0.2, 0.25) is 11.7 Å². The minimum Gasteiger partial charge on any atom is -0.461 e. The Kier molecular flexibility index (Phi) is 5.19. The van der Waals surface area contributed by atoms with E-state index in [9.17, 15) is 9.59 Å². The van der Waals surface area contributed by atoms with Crippen molar-refractivity contribution in [3.63, 3.8) is 0 Å². The number of carbonyl (C=O) groups is 2. The molecule has 0 bridgehead atoms. The highest BCUT2D eigenvalue weighted by Gasteiger charge is 2.28. The summed E-state index contributed by atoms with van der Waals surface area (Å²) in [6.07, 6.45) is 5.68. The lowest BCUT2D eigenvalue weighted by molar-refractivity contribution is -0.117. The van der Waals surface area contributed by atoms with Crippen molar-refractivity contribution < 1.29 is 18.7 Å². The maximum atomic E-state index is 12.9. The smallest absolute Gasteiger partial charge is 0.239 e. The highest BCUT2D eigenvalue weighted by molar-refractivity contribution is 7.17. The van der Waals surface area contributed by atoms with E-state index >= 15 is 0 Å². The fourth-order valence-corrected chi connectivity index (χ4v) is 4.78. The maximum Gasteiger partial charge on any atom is 0.239 e. The van der Waals surface area contributed by atoms with Crippen molar-refractivity contribution in [2.45, 2.75) is 32.3 Å². The minimum absolute atomic E-state index is 0.0695. The Bertz CT molecular complexity index is 791. The lowest BCUT2D eigenvalue weighted by Crippen LogP contribution is -2.36. The van der Waals surface area contributed by atoms with E-state index in [1.165, 1.54) is 24.0 Å². The minimum atomic E-state index is -0.178. The van der Waals surface area contributed by atoms with Crippen molar-refractivity contribution in [2.75, 3.05) is 31.6 Å². The zero-order valence-corrected chi connectivity index (χ0v) is 15.4. The number of nitrogens with one attached hydrogen (secondary N) is 1. The van der Waals surface area contributed by atoms with Crippen LogP contribution in [-0.4, -0.2) is 42.8 Å². The lowest BCUT2D eigenvalue weighted by atomic mass is 10.0. The molecule has 0 aromatic carbocycles. The van der Waals surface area contributed by atoms with Gasteiger partial charge in [-0.25, -0.2) is 0 Å². The first-order valence-electron chi connectivity index (χ1n) is 9.05. The molecule has 0 unspecified atom stereocenters. The third kappa shape index (κ3) is 3.60. The molecular weight excluding hydrogens is 352 g/mol. The van der Waals surface area contributed by atoms with Crippen molar-refractivity contribution in [3.8, 4) is 0 Å². The number of hydrogen-bond donors (Lipinski definition) is 1. The highest BCUT2D eigenvalue weighted by atomic mass is 32.1. The Morgan fingerprint density at radius 1 is 1.23 bits per heavy atom. The van der Waals surface area contributed by atoms with Crippen molar-refractivity contribution in [3.05, 3.63) is 40.2 Å². The molecule has 1 saturated heterocycles. The monoisotopic (exact) mass is 374 g/mol. The Labute approximate surface area is 156 Å². The predicted octanol–water partition coefficient (Wildman–Crippen LogP) is 3.07. The SMILES string of the molecule is O=C(CN1CCCCC1)Nc1sc2c(c1C(=O)c1ccco1)CCOC2. The van der Waals surface area contributed by atoms with Crippen LogP contribution in [0.25, 0.3) is 0 Å². The van der Waals surface area contributed by atoms with E-state index in [4.69, 9.17) is 9.15 Å². The van der Waals surface area contributed by atoms with Gasteiger partial charge in [-0.1, -0.05) is 6.42 Å². The van der Waals surface area contributed by atoms with Gasteiger partial charge < -0.3 is 14.5 Å². The molecule has 4 rings (SSSR count).